The second-order valence-corrected chi connectivity index (χ2v) is 8.99. The van der Waals surface area contributed by atoms with Gasteiger partial charge in [-0.3, -0.25) is 19.8 Å². The number of thiocarbonyl (C=S) groups is 1. The molecule has 35 heavy (non-hydrogen) atoms. The highest BCUT2D eigenvalue weighted by molar-refractivity contribution is 8.27. The number of non-ortho nitro benzene ring substituents is 1. The highest BCUT2D eigenvalue weighted by Crippen LogP contribution is 2.40. The van der Waals surface area contributed by atoms with Crippen LogP contribution in [0.15, 0.2) is 71.6 Å². The molecule has 0 saturated carbocycles. The molecule has 0 atom stereocenters. The Hall–Kier alpha value is -3.89. The minimum absolute atomic E-state index is 0.00107. The summed E-state index contributed by atoms with van der Waals surface area (Å²) in [6.45, 7) is 0.134. The van der Waals surface area contributed by atoms with Crippen LogP contribution in [0.2, 0.25) is 0 Å². The molecule has 0 radical (unpaired) electrons. The summed E-state index contributed by atoms with van der Waals surface area (Å²) in [7, 11) is 3.06. The van der Waals surface area contributed by atoms with Crippen molar-refractivity contribution in [3.05, 3.63) is 92.9 Å². The molecular weight excluding hydrogens is 488 g/mol. The molecule has 1 aliphatic rings. The summed E-state index contributed by atoms with van der Waals surface area (Å²) in [6, 6.07) is 18.7. The molecule has 1 heterocycles. The number of para-hydroxylation sites is 2. The molecule has 1 saturated heterocycles. The Kier molecular flexibility index (Phi) is 7.33. The van der Waals surface area contributed by atoms with Gasteiger partial charge >= 0.3 is 0 Å². The third-order valence-electron chi connectivity index (χ3n) is 5.12. The van der Waals surface area contributed by atoms with E-state index in [4.69, 9.17) is 26.4 Å². The zero-order valence-electron chi connectivity index (χ0n) is 18.8. The van der Waals surface area contributed by atoms with Gasteiger partial charge in [-0.2, -0.15) is 0 Å². The van der Waals surface area contributed by atoms with Gasteiger partial charge in [0.15, 0.2) is 15.8 Å². The van der Waals surface area contributed by atoms with Crippen molar-refractivity contribution < 1.29 is 23.9 Å². The summed E-state index contributed by atoms with van der Waals surface area (Å²) in [5.74, 6) is 1.24. The number of methoxy groups -OCH3 is 2. The van der Waals surface area contributed by atoms with E-state index in [9.17, 15) is 14.9 Å². The van der Waals surface area contributed by atoms with Crippen LogP contribution in [0.3, 0.4) is 0 Å². The predicted molar refractivity (Wildman–Crippen MR) is 139 cm³/mol. The normalized spacial score (nSPS) is 14.3. The maximum absolute atomic E-state index is 13.1. The lowest BCUT2D eigenvalue weighted by Gasteiger charge is -2.17. The van der Waals surface area contributed by atoms with E-state index in [2.05, 4.69) is 0 Å². The van der Waals surface area contributed by atoms with Crippen LogP contribution in [0.5, 0.6) is 17.2 Å². The fraction of sp³-hybridized carbons (Fsp3) is 0.120. The molecule has 8 nitrogen and oxygen atoms in total. The molecule has 4 rings (SSSR count). The number of hydrogen-bond donors (Lipinski definition) is 0. The number of thioether (sulfide) groups is 1. The van der Waals surface area contributed by atoms with Crippen LogP contribution in [0.1, 0.15) is 11.1 Å². The smallest absolute Gasteiger partial charge is 0.270 e. The van der Waals surface area contributed by atoms with Crippen LogP contribution in [-0.4, -0.2) is 29.4 Å². The summed E-state index contributed by atoms with van der Waals surface area (Å²) in [5, 5.41) is 11.0. The molecule has 0 spiro atoms. The highest BCUT2D eigenvalue weighted by Gasteiger charge is 2.34. The van der Waals surface area contributed by atoms with E-state index in [1.54, 1.807) is 55.7 Å². The second-order valence-electron chi connectivity index (χ2n) is 7.31. The number of rotatable bonds is 8. The number of ether oxygens (including phenoxy) is 3. The molecule has 0 aromatic heterocycles. The summed E-state index contributed by atoms with van der Waals surface area (Å²) in [4.78, 5) is 25.6. The van der Waals surface area contributed by atoms with Crippen molar-refractivity contribution in [3.8, 4) is 17.2 Å². The van der Waals surface area contributed by atoms with E-state index in [-0.39, 0.29) is 18.2 Å². The molecule has 1 amide bonds. The van der Waals surface area contributed by atoms with E-state index in [1.807, 2.05) is 12.1 Å². The number of nitrogens with zero attached hydrogens (tertiary/aromatic N) is 2. The number of carbonyl (C=O) groups is 1. The minimum Gasteiger partial charge on any atom is -0.495 e. The third-order valence-corrected chi connectivity index (χ3v) is 6.42. The van der Waals surface area contributed by atoms with Crippen LogP contribution in [0, 0.1) is 10.1 Å². The summed E-state index contributed by atoms with van der Waals surface area (Å²) in [5.41, 5.74) is 1.97. The minimum atomic E-state index is -0.449. The molecule has 0 aliphatic carbocycles. The van der Waals surface area contributed by atoms with Crippen LogP contribution in [0.25, 0.3) is 6.08 Å². The maximum Gasteiger partial charge on any atom is 0.270 e. The average Bonchev–Trinajstić information content (AvgIpc) is 3.15. The summed E-state index contributed by atoms with van der Waals surface area (Å²) < 4.78 is 17.1. The molecule has 0 unspecified atom stereocenters. The lowest BCUT2D eigenvalue weighted by Crippen LogP contribution is -2.27. The first-order valence-electron chi connectivity index (χ1n) is 10.4. The van der Waals surface area contributed by atoms with Gasteiger partial charge < -0.3 is 14.2 Å². The van der Waals surface area contributed by atoms with E-state index < -0.39 is 4.92 Å². The number of benzene rings is 3. The van der Waals surface area contributed by atoms with Crippen molar-refractivity contribution >= 4 is 51.7 Å². The van der Waals surface area contributed by atoms with Crippen LogP contribution in [-0.2, 0) is 11.4 Å². The number of nitro benzene ring substituents is 1. The Balaban J connectivity index is 1.53. The third kappa shape index (κ3) is 5.28. The van der Waals surface area contributed by atoms with Crippen molar-refractivity contribution in [1.29, 1.82) is 0 Å². The van der Waals surface area contributed by atoms with Crippen LogP contribution in [0.4, 0.5) is 11.4 Å². The van der Waals surface area contributed by atoms with Crippen molar-refractivity contribution in [2.45, 2.75) is 6.61 Å². The van der Waals surface area contributed by atoms with Crippen molar-refractivity contribution in [2.75, 3.05) is 19.1 Å². The lowest BCUT2D eigenvalue weighted by atomic mass is 10.1. The standard InChI is InChI=1S/C25H20N2O6S2/c1-31-20-9-4-3-8-19(20)26-24(28)23(35-25(26)34)14-16-10-11-21(22(13-16)32-2)33-15-17-6-5-7-18(12-17)27(29)30/h3-14H,15H2,1-2H3/b23-14+. The number of hydrogen-bond acceptors (Lipinski definition) is 8. The SMILES string of the molecule is COc1cc(/C=C2/SC(=S)N(c3ccccc3OC)C2=O)ccc1OCc1cccc([N+](=O)[O-])c1. The molecule has 10 heteroatoms. The molecule has 0 bridgehead atoms. The number of amides is 1. The van der Waals surface area contributed by atoms with Crippen molar-refractivity contribution in [2.24, 2.45) is 0 Å². The summed E-state index contributed by atoms with van der Waals surface area (Å²) in [6.07, 6.45) is 1.74. The van der Waals surface area contributed by atoms with Crippen LogP contribution >= 0.6 is 24.0 Å². The molecule has 178 valence electrons. The number of anilines is 1. The molecule has 1 fully saturated rings. The van der Waals surface area contributed by atoms with E-state index in [1.165, 1.54) is 35.9 Å². The first-order valence-corrected chi connectivity index (χ1v) is 11.6. The van der Waals surface area contributed by atoms with Crippen molar-refractivity contribution in [3.63, 3.8) is 0 Å². The van der Waals surface area contributed by atoms with E-state index in [0.29, 0.717) is 37.7 Å². The fourth-order valence-electron chi connectivity index (χ4n) is 3.46. The first-order chi connectivity index (χ1) is 16.9. The number of carbonyl (C=O) groups excluding carboxylic acids is 1. The van der Waals surface area contributed by atoms with Crippen molar-refractivity contribution in [1.82, 2.24) is 0 Å². The molecule has 3 aromatic rings. The van der Waals surface area contributed by atoms with Gasteiger partial charge in [-0.05, 0) is 41.5 Å². The zero-order valence-corrected chi connectivity index (χ0v) is 20.4. The number of nitro groups is 1. The van der Waals surface area contributed by atoms with Gasteiger partial charge in [0.05, 0.1) is 29.7 Å². The maximum atomic E-state index is 13.1. The fourth-order valence-corrected chi connectivity index (χ4v) is 4.74. The van der Waals surface area contributed by atoms with E-state index in [0.717, 1.165) is 5.56 Å². The van der Waals surface area contributed by atoms with Gasteiger partial charge in [-0.15, -0.1) is 0 Å². The molecule has 0 N–H and O–H groups in total. The Morgan fingerprint density at radius 1 is 1.00 bits per heavy atom. The van der Waals surface area contributed by atoms with Gasteiger partial charge in [0.25, 0.3) is 11.6 Å². The molecule has 3 aromatic carbocycles. The topological polar surface area (TPSA) is 91.1 Å². The van der Waals surface area contributed by atoms with Gasteiger partial charge in [-0.25, -0.2) is 0 Å². The largest absolute Gasteiger partial charge is 0.495 e. The monoisotopic (exact) mass is 508 g/mol. The molecule has 1 aliphatic heterocycles. The second kappa shape index (κ2) is 10.6. The average molecular weight is 509 g/mol. The van der Waals surface area contributed by atoms with Crippen LogP contribution < -0.4 is 19.1 Å². The Labute approximate surface area is 211 Å². The summed E-state index contributed by atoms with van der Waals surface area (Å²) >= 11 is 6.67. The highest BCUT2D eigenvalue weighted by atomic mass is 32.2. The predicted octanol–water partition coefficient (Wildman–Crippen LogP) is 5.60. The van der Waals surface area contributed by atoms with Gasteiger partial charge in [-0.1, -0.05) is 54.3 Å². The Morgan fingerprint density at radius 3 is 2.51 bits per heavy atom. The van der Waals surface area contributed by atoms with Gasteiger partial charge in [0.1, 0.15) is 12.4 Å². The molecular formula is C25H20N2O6S2. The van der Waals surface area contributed by atoms with Gasteiger partial charge in [0.2, 0.25) is 0 Å². The lowest BCUT2D eigenvalue weighted by molar-refractivity contribution is -0.384. The Morgan fingerprint density at radius 2 is 1.77 bits per heavy atom. The zero-order chi connectivity index (χ0) is 24.9. The van der Waals surface area contributed by atoms with Gasteiger partial charge in [0, 0.05) is 12.1 Å². The quantitative estimate of drug-likeness (QED) is 0.168. The Bertz CT molecular complexity index is 1340. The van der Waals surface area contributed by atoms with E-state index >= 15 is 0 Å². The first kappa shape index (κ1) is 24.2.